The lowest BCUT2D eigenvalue weighted by Crippen LogP contribution is -2.29. The Kier molecular flexibility index (Phi) is 6.31. The van der Waals surface area contributed by atoms with Crippen molar-refractivity contribution in [1.82, 2.24) is 19.5 Å². The molecule has 3 heterocycles. The molecule has 1 fully saturated rings. The van der Waals surface area contributed by atoms with Gasteiger partial charge in [-0.1, -0.05) is 23.3 Å². The maximum Gasteiger partial charge on any atom is 0.324 e. The highest BCUT2D eigenvalue weighted by atomic mass is 16.5. The average Bonchev–Trinajstić information content (AvgIpc) is 3.35. The highest BCUT2D eigenvalue weighted by Crippen LogP contribution is 2.37. The number of carboxylic acids is 1. The SMILES string of the molecule is [N-]=[N+]=NC[C@H]1O[C@@H](n2cnc3c(NC(=O)Nc4ccccc4)ncnc32)[C@H](O)[C@@H]1CC(=O)O. The summed E-state index contributed by atoms with van der Waals surface area (Å²) >= 11 is 0. The van der Waals surface area contributed by atoms with E-state index in [4.69, 9.17) is 10.3 Å². The lowest BCUT2D eigenvalue weighted by molar-refractivity contribution is -0.139. The van der Waals surface area contributed by atoms with Crippen LogP contribution < -0.4 is 10.6 Å². The number of para-hydroxylation sites is 1. The van der Waals surface area contributed by atoms with Gasteiger partial charge in [-0.3, -0.25) is 14.7 Å². The lowest BCUT2D eigenvalue weighted by atomic mass is 9.94. The number of aromatic nitrogens is 4. The highest BCUT2D eigenvalue weighted by molar-refractivity contribution is 6.02. The molecule has 0 spiro atoms. The van der Waals surface area contributed by atoms with Crippen LogP contribution in [0.15, 0.2) is 48.1 Å². The second-order valence-electron chi connectivity index (χ2n) is 7.22. The number of nitrogens with one attached hydrogen (secondary N) is 2. The summed E-state index contributed by atoms with van der Waals surface area (Å²) in [6, 6.07) is 8.29. The van der Waals surface area contributed by atoms with E-state index in [9.17, 15) is 19.8 Å². The molecule has 170 valence electrons. The first-order valence-electron chi connectivity index (χ1n) is 9.84. The molecule has 3 aromatic rings. The van der Waals surface area contributed by atoms with E-state index in [1.165, 1.54) is 17.2 Å². The predicted octanol–water partition coefficient (Wildman–Crippen LogP) is 2.13. The van der Waals surface area contributed by atoms with Crippen LogP contribution in [-0.4, -0.2) is 60.5 Å². The van der Waals surface area contributed by atoms with Crippen molar-refractivity contribution < 1.29 is 24.5 Å². The van der Waals surface area contributed by atoms with Crippen molar-refractivity contribution in [3.8, 4) is 0 Å². The molecule has 0 unspecified atom stereocenters. The Labute approximate surface area is 185 Å². The molecule has 1 saturated heterocycles. The van der Waals surface area contributed by atoms with Crippen molar-refractivity contribution in [3.63, 3.8) is 0 Å². The van der Waals surface area contributed by atoms with Crippen molar-refractivity contribution in [1.29, 1.82) is 0 Å². The van der Waals surface area contributed by atoms with Gasteiger partial charge >= 0.3 is 12.0 Å². The van der Waals surface area contributed by atoms with Gasteiger partial charge in [0.1, 0.15) is 12.4 Å². The number of azide groups is 1. The second kappa shape index (κ2) is 9.48. The number of aliphatic carboxylic acids is 1. The van der Waals surface area contributed by atoms with Crippen LogP contribution >= 0.6 is 0 Å². The first kappa shape index (κ1) is 22.0. The van der Waals surface area contributed by atoms with Gasteiger partial charge in [0, 0.05) is 16.5 Å². The summed E-state index contributed by atoms with van der Waals surface area (Å²) in [5, 5.41) is 28.7. The average molecular weight is 453 g/mol. The molecular weight excluding hydrogens is 434 g/mol. The number of benzene rings is 1. The van der Waals surface area contributed by atoms with Crippen LogP contribution in [0.25, 0.3) is 21.6 Å². The summed E-state index contributed by atoms with van der Waals surface area (Å²) in [6.45, 7) is -0.143. The van der Waals surface area contributed by atoms with Crippen molar-refractivity contribution in [2.24, 2.45) is 11.0 Å². The summed E-state index contributed by atoms with van der Waals surface area (Å²) in [7, 11) is 0. The minimum absolute atomic E-state index is 0.132. The molecule has 1 aliphatic heterocycles. The Morgan fingerprint density at radius 2 is 2.00 bits per heavy atom. The maximum atomic E-state index is 12.4. The largest absolute Gasteiger partial charge is 0.481 e. The number of aliphatic hydroxyl groups is 1. The van der Waals surface area contributed by atoms with Gasteiger partial charge in [0.05, 0.1) is 25.4 Å². The molecule has 0 aliphatic carbocycles. The van der Waals surface area contributed by atoms with Crippen molar-refractivity contribution in [2.45, 2.75) is 24.9 Å². The molecule has 0 saturated carbocycles. The fourth-order valence-corrected chi connectivity index (χ4v) is 3.69. The molecule has 4 rings (SSSR count). The fourth-order valence-electron chi connectivity index (χ4n) is 3.69. The van der Waals surface area contributed by atoms with Gasteiger partial charge in [-0.25, -0.2) is 19.7 Å². The third-order valence-electron chi connectivity index (χ3n) is 5.15. The molecule has 1 aliphatic rings. The number of imidazole rings is 1. The Morgan fingerprint density at radius 1 is 1.21 bits per heavy atom. The smallest absolute Gasteiger partial charge is 0.324 e. The number of nitrogens with zero attached hydrogens (tertiary/aromatic N) is 7. The number of carbonyl (C=O) groups excluding carboxylic acids is 1. The molecule has 2 aromatic heterocycles. The summed E-state index contributed by atoms with van der Waals surface area (Å²) in [5.41, 5.74) is 9.68. The fraction of sp³-hybridized carbons (Fsp3) is 0.316. The van der Waals surface area contributed by atoms with E-state index in [1.54, 1.807) is 24.3 Å². The number of carboxylic acid groups (broad SMARTS) is 1. The molecule has 0 bridgehead atoms. The zero-order valence-electron chi connectivity index (χ0n) is 17.0. The number of anilines is 2. The molecule has 4 N–H and O–H groups in total. The highest BCUT2D eigenvalue weighted by Gasteiger charge is 2.45. The number of hydrogen-bond acceptors (Lipinski definition) is 8. The van der Waals surface area contributed by atoms with Crippen LogP contribution in [0.3, 0.4) is 0 Å². The van der Waals surface area contributed by atoms with Crippen LogP contribution in [0.1, 0.15) is 12.6 Å². The van der Waals surface area contributed by atoms with Crippen molar-refractivity contribution in [3.05, 3.63) is 53.4 Å². The predicted molar refractivity (Wildman–Crippen MR) is 114 cm³/mol. The van der Waals surface area contributed by atoms with E-state index in [0.29, 0.717) is 5.69 Å². The van der Waals surface area contributed by atoms with Crippen molar-refractivity contribution >= 4 is 34.7 Å². The zero-order chi connectivity index (χ0) is 23.4. The van der Waals surface area contributed by atoms with E-state index in [1.807, 2.05) is 6.07 Å². The lowest BCUT2D eigenvalue weighted by Gasteiger charge is -2.18. The standard InChI is InChI=1S/C19H19N9O5/c20-27-24-7-12-11(6-13(29)30)15(31)18(33-12)28-9-23-14-16(21-8-22-17(14)28)26-19(32)25-10-4-2-1-3-5-10/h1-5,8-9,11-12,15,18,31H,6-7H2,(H,29,30)(H2,21,22,25,26,32)/t11-,12-,15-,18-/m1/s1. The second-order valence-corrected chi connectivity index (χ2v) is 7.22. The number of urea groups is 1. The number of ether oxygens (including phenoxy) is 1. The van der Waals surface area contributed by atoms with Crippen LogP contribution in [-0.2, 0) is 9.53 Å². The van der Waals surface area contributed by atoms with Gasteiger partial charge in [-0.2, -0.15) is 0 Å². The summed E-state index contributed by atoms with van der Waals surface area (Å²) in [5.74, 6) is -1.80. The van der Waals surface area contributed by atoms with Gasteiger partial charge in [-0.05, 0) is 17.7 Å². The van der Waals surface area contributed by atoms with Crippen LogP contribution in [0, 0.1) is 5.92 Å². The van der Waals surface area contributed by atoms with E-state index in [0.717, 1.165) is 0 Å². The first-order chi connectivity index (χ1) is 16.0. The summed E-state index contributed by atoms with van der Waals surface area (Å²) < 4.78 is 7.25. The van der Waals surface area contributed by atoms with Gasteiger partial charge in [0.15, 0.2) is 23.2 Å². The van der Waals surface area contributed by atoms with E-state index < -0.39 is 36.4 Å². The Bertz CT molecular complexity index is 1210. The van der Waals surface area contributed by atoms with E-state index >= 15 is 0 Å². The van der Waals surface area contributed by atoms with E-state index in [2.05, 4.69) is 35.6 Å². The minimum Gasteiger partial charge on any atom is -0.481 e. The first-order valence-corrected chi connectivity index (χ1v) is 9.84. The van der Waals surface area contributed by atoms with Crippen LogP contribution in [0.4, 0.5) is 16.3 Å². The minimum atomic E-state index is -1.23. The molecule has 33 heavy (non-hydrogen) atoms. The molecular formula is C19H19N9O5. The maximum absolute atomic E-state index is 12.4. The number of rotatable bonds is 7. The van der Waals surface area contributed by atoms with Gasteiger partial charge in [-0.15, -0.1) is 0 Å². The van der Waals surface area contributed by atoms with Crippen LogP contribution in [0.5, 0.6) is 0 Å². The monoisotopic (exact) mass is 453 g/mol. The zero-order valence-corrected chi connectivity index (χ0v) is 17.0. The third-order valence-corrected chi connectivity index (χ3v) is 5.15. The Morgan fingerprint density at radius 3 is 2.73 bits per heavy atom. The molecule has 2 amide bonds. The van der Waals surface area contributed by atoms with Gasteiger partial charge in [0.2, 0.25) is 0 Å². The summed E-state index contributed by atoms with van der Waals surface area (Å²) in [4.78, 5) is 38.7. The third kappa shape index (κ3) is 4.67. The molecule has 14 heteroatoms. The normalized spacial score (nSPS) is 22.0. The van der Waals surface area contributed by atoms with Crippen molar-refractivity contribution in [2.75, 3.05) is 17.2 Å². The quantitative estimate of drug-likeness (QED) is 0.237. The number of amides is 2. The molecule has 0 radical (unpaired) electrons. The number of carbonyl (C=O) groups is 2. The Balaban J connectivity index is 1.58. The molecule has 14 nitrogen and oxygen atoms in total. The van der Waals surface area contributed by atoms with Gasteiger partial charge < -0.3 is 20.3 Å². The van der Waals surface area contributed by atoms with Crippen LogP contribution in [0.2, 0.25) is 0 Å². The number of hydrogen-bond donors (Lipinski definition) is 4. The number of aliphatic hydroxyl groups excluding tert-OH is 1. The van der Waals surface area contributed by atoms with Gasteiger partial charge in [0.25, 0.3) is 0 Å². The molecule has 4 atom stereocenters. The topological polar surface area (TPSA) is 200 Å². The molecule has 1 aromatic carbocycles. The number of fused-ring (bicyclic) bond motifs is 1. The summed E-state index contributed by atoms with van der Waals surface area (Å²) in [6.07, 6.45) is -0.889. The van der Waals surface area contributed by atoms with E-state index in [-0.39, 0.29) is 29.9 Å². The Hall–Kier alpha value is -4.26.